The summed E-state index contributed by atoms with van der Waals surface area (Å²) in [5, 5.41) is 19.1. The Balaban J connectivity index is 1.21. The molecule has 4 aliphatic carbocycles. The zero-order chi connectivity index (χ0) is 26.9. The van der Waals surface area contributed by atoms with Crippen molar-refractivity contribution in [1.29, 1.82) is 0 Å². The molecule has 1 N–H and O–H groups in total. The fourth-order valence-corrected chi connectivity index (χ4v) is 10.1. The Morgan fingerprint density at radius 3 is 2.64 bits per heavy atom. The van der Waals surface area contributed by atoms with Gasteiger partial charge in [-0.25, -0.2) is 0 Å². The SMILES string of the molecule is C[C@]12CC[C@H]3[C@@H](CC=C4C[C@@H](O)CC[C@@]43C)[C@@H]1CC[C@@H]2C1=NN(c2ccc(Cl)cc2Cl)C(c2ccccn2)C1. The molecule has 39 heavy (non-hydrogen) atoms. The maximum Gasteiger partial charge on any atom is 0.0999 e. The number of aromatic nitrogens is 1. The minimum atomic E-state index is -0.143. The molecule has 4 nitrogen and oxygen atoms in total. The topological polar surface area (TPSA) is 48.7 Å². The number of hydrogen-bond acceptors (Lipinski definition) is 4. The first-order valence-corrected chi connectivity index (χ1v) is 15.6. The second kappa shape index (κ2) is 9.60. The van der Waals surface area contributed by atoms with Crippen LogP contribution >= 0.6 is 23.2 Å². The van der Waals surface area contributed by atoms with Crippen LogP contribution < -0.4 is 5.01 Å². The van der Waals surface area contributed by atoms with Crippen LogP contribution in [0.4, 0.5) is 5.69 Å². The van der Waals surface area contributed by atoms with E-state index in [9.17, 15) is 5.11 Å². The summed E-state index contributed by atoms with van der Waals surface area (Å²) in [5.41, 5.74) is 5.34. The van der Waals surface area contributed by atoms with E-state index in [1.165, 1.54) is 37.8 Å². The van der Waals surface area contributed by atoms with Crippen molar-refractivity contribution in [3.05, 3.63) is 70.0 Å². The summed E-state index contributed by atoms with van der Waals surface area (Å²) in [6.07, 6.45) is 14.4. The fourth-order valence-electron chi connectivity index (χ4n) is 9.63. The van der Waals surface area contributed by atoms with Crippen LogP contribution in [-0.4, -0.2) is 21.9 Å². The van der Waals surface area contributed by atoms with Gasteiger partial charge in [0.1, 0.15) is 0 Å². The maximum atomic E-state index is 10.4. The molecule has 7 rings (SSSR count). The summed E-state index contributed by atoms with van der Waals surface area (Å²) in [7, 11) is 0. The summed E-state index contributed by atoms with van der Waals surface area (Å²) >= 11 is 13.0. The molecule has 6 heteroatoms. The summed E-state index contributed by atoms with van der Waals surface area (Å²) in [5.74, 6) is 2.70. The van der Waals surface area contributed by atoms with E-state index in [0.29, 0.717) is 16.0 Å². The molecule has 1 aromatic carbocycles. The number of fused-ring (bicyclic) bond motifs is 5. The Morgan fingerprint density at radius 2 is 1.85 bits per heavy atom. The Morgan fingerprint density at radius 1 is 0.974 bits per heavy atom. The van der Waals surface area contributed by atoms with E-state index >= 15 is 0 Å². The minimum absolute atomic E-state index is 0.0339. The molecule has 1 aliphatic heterocycles. The van der Waals surface area contributed by atoms with Crippen molar-refractivity contribution < 1.29 is 5.11 Å². The zero-order valence-electron chi connectivity index (χ0n) is 23.0. The van der Waals surface area contributed by atoms with Gasteiger partial charge in [0.2, 0.25) is 0 Å². The molecule has 8 atom stereocenters. The van der Waals surface area contributed by atoms with Gasteiger partial charge in [-0.3, -0.25) is 9.99 Å². The molecule has 1 unspecified atom stereocenters. The first-order valence-electron chi connectivity index (χ1n) is 14.9. The molecule has 0 saturated heterocycles. The Hall–Kier alpha value is -1.88. The van der Waals surface area contributed by atoms with E-state index in [1.807, 2.05) is 30.5 Å². The number of allylic oxidation sites excluding steroid dienone is 1. The average Bonchev–Trinajstić information content (AvgIpc) is 3.50. The van der Waals surface area contributed by atoms with Crippen molar-refractivity contribution >= 4 is 34.6 Å². The number of nitrogens with zero attached hydrogens (tertiary/aromatic N) is 3. The Labute approximate surface area is 242 Å². The smallest absolute Gasteiger partial charge is 0.0999 e. The van der Waals surface area contributed by atoms with Gasteiger partial charge in [-0.15, -0.1) is 0 Å². The molecule has 3 fully saturated rings. The van der Waals surface area contributed by atoms with Gasteiger partial charge in [0.25, 0.3) is 0 Å². The number of aliphatic hydroxyl groups is 1. The van der Waals surface area contributed by atoms with Gasteiger partial charge in [0.05, 0.1) is 28.5 Å². The van der Waals surface area contributed by atoms with Gasteiger partial charge in [0.15, 0.2) is 0 Å². The minimum Gasteiger partial charge on any atom is -0.393 e. The third-order valence-electron chi connectivity index (χ3n) is 11.6. The van der Waals surface area contributed by atoms with Gasteiger partial charge >= 0.3 is 0 Å². The highest BCUT2D eigenvalue weighted by Crippen LogP contribution is 2.67. The Kier molecular flexibility index (Phi) is 6.41. The molecule has 0 spiro atoms. The van der Waals surface area contributed by atoms with Crippen LogP contribution in [0, 0.1) is 34.5 Å². The predicted molar refractivity (Wildman–Crippen MR) is 159 cm³/mol. The predicted octanol–water partition coefficient (Wildman–Crippen LogP) is 8.64. The van der Waals surface area contributed by atoms with E-state index in [0.717, 1.165) is 54.8 Å². The standard InChI is InChI=1S/C33H39Cl2N3O/c1-32-14-12-22(39)17-20(32)6-8-23-24-9-10-26(33(24,2)15-13-25(23)32)29-19-31(28-5-3-4-16-36-28)38(37-29)30-11-7-21(34)18-27(30)35/h3-7,11,16,18,22-26,31,39H,8-10,12-15,17,19H2,1-2H3/t22-,23-,24-,25-,26+,31?,32-,33-/m0/s1. The van der Waals surface area contributed by atoms with Crippen LogP contribution in [0.3, 0.4) is 0 Å². The summed E-state index contributed by atoms with van der Waals surface area (Å²) in [4.78, 5) is 4.74. The monoisotopic (exact) mass is 563 g/mol. The number of anilines is 1. The lowest BCUT2D eigenvalue weighted by Gasteiger charge is -2.58. The molecule has 206 valence electrons. The highest BCUT2D eigenvalue weighted by atomic mass is 35.5. The van der Waals surface area contributed by atoms with Crippen molar-refractivity contribution in [1.82, 2.24) is 4.98 Å². The number of rotatable bonds is 3. The molecular weight excluding hydrogens is 525 g/mol. The van der Waals surface area contributed by atoms with E-state index in [2.05, 4.69) is 37.1 Å². The lowest BCUT2D eigenvalue weighted by atomic mass is 9.47. The maximum absolute atomic E-state index is 10.4. The number of hydrazone groups is 1. The lowest BCUT2D eigenvalue weighted by molar-refractivity contribution is -0.0424. The quantitative estimate of drug-likeness (QED) is 0.380. The largest absolute Gasteiger partial charge is 0.393 e. The van der Waals surface area contributed by atoms with Gasteiger partial charge in [-0.1, -0.05) is 54.8 Å². The third-order valence-corrected chi connectivity index (χ3v) is 12.1. The Bertz CT molecular complexity index is 1330. The molecule has 2 aromatic rings. The van der Waals surface area contributed by atoms with Crippen LogP contribution in [-0.2, 0) is 0 Å². The highest BCUT2D eigenvalue weighted by molar-refractivity contribution is 6.36. The highest BCUT2D eigenvalue weighted by Gasteiger charge is 2.60. The molecule has 2 heterocycles. The van der Waals surface area contributed by atoms with Gasteiger partial charge < -0.3 is 5.11 Å². The van der Waals surface area contributed by atoms with Crippen molar-refractivity contribution in [3.8, 4) is 0 Å². The van der Waals surface area contributed by atoms with Gasteiger partial charge in [-0.05, 0) is 110 Å². The molecule has 0 bridgehead atoms. The van der Waals surface area contributed by atoms with E-state index in [-0.39, 0.29) is 23.0 Å². The molecule has 1 aromatic heterocycles. The van der Waals surface area contributed by atoms with Gasteiger partial charge in [-0.2, -0.15) is 5.10 Å². The number of pyridine rings is 1. The molecule has 0 radical (unpaired) electrons. The van der Waals surface area contributed by atoms with Crippen molar-refractivity contribution in [2.45, 2.75) is 83.8 Å². The lowest BCUT2D eigenvalue weighted by Crippen LogP contribution is -2.51. The van der Waals surface area contributed by atoms with Crippen LogP contribution in [0.5, 0.6) is 0 Å². The van der Waals surface area contributed by atoms with E-state index in [4.69, 9.17) is 33.3 Å². The van der Waals surface area contributed by atoms with E-state index < -0.39 is 0 Å². The van der Waals surface area contributed by atoms with Crippen molar-refractivity contribution in [3.63, 3.8) is 0 Å². The van der Waals surface area contributed by atoms with Gasteiger partial charge in [0, 0.05) is 29.3 Å². The first-order chi connectivity index (χ1) is 18.8. The van der Waals surface area contributed by atoms with Crippen LogP contribution in [0.25, 0.3) is 0 Å². The van der Waals surface area contributed by atoms with E-state index in [1.54, 1.807) is 5.57 Å². The second-order valence-electron chi connectivity index (χ2n) is 13.3. The van der Waals surface area contributed by atoms with Crippen molar-refractivity contribution in [2.75, 3.05) is 5.01 Å². The number of hydrogen-bond donors (Lipinski definition) is 1. The van der Waals surface area contributed by atoms with Crippen LogP contribution in [0.2, 0.25) is 10.0 Å². The molecule has 0 amide bonds. The number of halogens is 2. The molecular formula is C33H39Cl2N3O. The summed E-state index contributed by atoms with van der Waals surface area (Å²) < 4.78 is 0. The molecule has 5 aliphatic rings. The normalized spacial score (nSPS) is 39.5. The number of benzene rings is 1. The average molecular weight is 565 g/mol. The van der Waals surface area contributed by atoms with Crippen molar-refractivity contribution in [2.24, 2.45) is 39.6 Å². The van der Waals surface area contributed by atoms with Crippen LogP contribution in [0.15, 0.2) is 59.3 Å². The number of aliphatic hydroxyl groups excluding tert-OH is 1. The first kappa shape index (κ1) is 26.0. The summed E-state index contributed by atoms with van der Waals surface area (Å²) in [6, 6.07) is 11.9. The molecule has 3 saturated carbocycles. The fraction of sp³-hybridized carbons (Fsp3) is 0.576. The van der Waals surface area contributed by atoms with Crippen LogP contribution in [0.1, 0.15) is 83.4 Å². The zero-order valence-corrected chi connectivity index (χ0v) is 24.5. The summed E-state index contributed by atoms with van der Waals surface area (Å²) in [6.45, 7) is 5.09. The second-order valence-corrected chi connectivity index (χ2v) is 14.2. The third kappa shape index (κ3) is 4.11.